The number of pyridine rings is 2. The summed E-state index contributed by atoms with van der Waals surface area (Å²) in [5.74, 6) is 0.444. The Balaban J connectivity index is 1.34. The molecule has 6 heteroatoms. The summed E-state index contributed by atoms with van der Waals surface area (Å²) in [6.07, 6.45) is 7.42. The second-order valence-electron chi connectivity index (χ2n) is 6.23. The number of nitrogens with zero attached hydrogens (tertiary/aromatic N) is 2. The average Bonchev–Trinajstić information content (AvgIpc) is 3.11. The standard InChI is InChI=1S/C21H19N5O/c27-21(11-16-13-24-19-4-2-1-3-18(16)19)26-20-6-5-17(14-25-20)23-12-15-7-9-22-10-8-15/h1-10,13-14,23-24H,11-12H2,(H,25,26,27). The average molecular weight is 357 g/mol. The first-order valence-electron chi connectivity index (χ1n) is 8.71. The molecule has 0 aliphatic heterocycles. The van der Waals surface area contributed by atoms with Crippen molar-refractivity contribution in [2.45, 2.75) is 13.0 Å². The Morgan fingerprint density at radius 2 is 1.89 bits per heavy atom. The van der Waals surface area contributed by atoms with Gasteiger partial charge in [0, 0.05) is 36.0 Å². The van der Waals surface area contributed by atoms with Crippen molar-refractivity contribution in [2.75, 3.05) is 10.6 Å². The minimum absolute atomic E-state index is 0.0928. The number of H-pyrrole nitrogens is 1. The van der Waals surface area contributed by atoms with Gasteiger partial charge in [-0.25, -0.2) is 4.98 Å². The molecule has 134 valence electrons. The Bertz CT molecular complexity index is 1040. The summed E-state index contributed by atoms with van der Waals surface area (Å²) in [7, 11) is 0. The second-order valence-corrected chi connectivity index (χ2v) is 6.23. The lowest BCUT2D eigenvalue weighted by Crippen LogP contribution is -2.15. The van der Waals surface area contributed by atoms with E-state index in [0.29, 0.717) is 18.8 Å². The first-order valence-corrected chi connectivity index (χ1v) is 8.71. The molecule has 0 radical (unpaired) electrons. The van der Waals surface area contributed by atoms with E-state index >= 15 is 0 Å². The van der Waals surface area contributed by atoms with Gasteiger partial charge >= 0.3 is 0 Å². The third-order valence-corrected chi connectivity index (χ3v) is 4.30. The predicted molar refractivity (Wildman–Crippen MR) is 106 cm³/mol. The molecule has 4 aromatic rings. The van der Waals surface area contributed by atoms with E-state index in [1.165, 1.54) is 0 Å². The van der Waals surface area contributed by atoms with Gasteiger partial charge < -0.3 is 15.6 Å². The van der Waals surface area contributed by atoms with Crippen molar-refractivity contribution in [3.63, 3.8) is 0 Å². The number of nitrogens with one attached hydrogen (secondary N) is 3. The van der Waals surface area contributed by atoms with E-state index in [9.17, 15) is 4.79 Å². The number of carbonyl (C=O) groups is 1. The molecule has 0 fully saturated rings. The molecule has 6 nitrogen and oxygen atoms in total. The van der Waals surface area contributed by atoms with Crippen molar-refractivity contribution in [1.29, 1.82) is 0 Å². The largest absolute Gasteiger partial charge is 0.380 e. The van der Waals surface area contributed by atoms with E-state index in [-0.39, 0.29) is 5.91 Å². The van der Waals surface area contributed by atoms with Gasteiger partial charge in [-0.1, -0.05) is 18.2 Å². The fourth-order valence-corrected chi connectivity index (χ4v) is 2.92. The number of hydrogen-bond acceptors (Lipinski definition) is 4. The van der Waals surface area contributed by atoms with Crippen molar-refractivity contribution >= 4 is 28.3 Å². The van der Waals surface area contributed by atoms with Gasteiger partial charge in [0.2, 0.25) is 5.91 Å². The molecule has 0 unspecified atom stereocenters. The molecule has 0 bridgehead atoms. The van der Waals surface area contributed by atoms with Crippen LogP contribution in [0, 0.1) is 0 Å². The van der Waals surface area contributed by atoms with Crippen LogP contribution in [0.1, 0.15) is 11.1 Å². The summed E-state index contributed by atoms with van der Waals surface area (Å²) in [5.41, 5.74) is 4.03. The van der Waals surface area contributed by atoms with Crippen LogP contribution >= 0.6 is 0 Å². The number of aromatic amines is 1. The normalized spacial score (nSPS) is 10.7. The van der Waals surface area contributed by atoms with Crippen molar-refractivity contribution in [2.24, 2.45) is 0 Å². The smallest absolute Gasteiger partial charge is 0.230 e. The highest BCUT2D eigenvalue weighted by Crippen LogP contribution is 2.18. The van der Waals surface area contributed by atoms with Crippen LogP contribution in [-0.4, -0.2) is 20.9 Å². The SMILES string of the molecule is O=C(Cc1c[nH]c2ccccc12)Nc1ccc(NCc2ccncc2)cn1. The van der Waals surface area contributed by atoms with E-state index in [0.717, 1.165) is 27.7 Å². The maximum absolute atomic E-state index is 12.3. The van der Waals surface area contributed by atoms with Crippen molar-refractivity contribution in [1.82, 2.24) is 15.0 Å². The highest BCUT2D eigenvalue weighted by atomic mass is 16.1. The van der Waals surface area contributed by atoms with Crippen LogP contribution in [0.25, 0.3) is 10.9 Å². The molecule has 0 saturated heterocycles. The summed E-state index contributed by atoms with van der Waals surface area (Å²) in [6, 6.07) is 15.6. The van der Waals surface area contributed by atoms with Crippen LogP contribution in [0.2, 0.25) is 0 Å². The van der Waals surface area contributed by atoms with Gasteiger partial charge in [0.15, 0.2) is 0 Å². The lowest BCUT2D eigenvalue weighted by atomic mass is 10.1. The first kappa shape index (κ1) is 16.8. The molecule has 0 aliphatic rings. The van der Waals surface area contributed by atoms with Crippen molar-refractivity contribution < 1.29 is 4.79 Å². The zero-order chi connectivity index (χ0) is 18.5. The number of amides is 1. The Morgan fingerprint density at radius 3 is 2.70 bits per heavy atom. The molecule has 0 saturated carbocycles. The third-order valence-electron chi connectivity index (χ3n) is 4.30. The van der Waals surface area contributed by atoms with Gasteiger partial charge in [0.25, 0.3) is 0 Å². The van der Waals surface area contributed by atoms with Crippen LogP contribution in [-0.2, 0) is 17.8 Å². The van der Waals surface area contributed by atoms with Crippen LogP contribution in [0.4, 0.5) is 11.5 Å². The molecular formula is C21H19N5O. The van der Waals surface area contributed by atoms with Crippen LogP contribution in [0.3, 0.4) is 0 Å². The zero-order valence-electron chi connectivity index (χ0n) is 14.6. The van der Waals surface area contributed by atoms with Crippen molar-refractivity contribution in [3.05, 3.63) is 84.4 Å². The van der Waals surface area contributed by atoms with Gasteiger partial charge in [0.1, 0.15) is 5.82 Å². The highest BCUT2D eigenvalue weighted by molar-refractivity contribution is 5.95. The second kappa shape index (κ2) is 7.70. The summed E-state index contributed by atoms with van der Waals surface area (Å²) in [4.78, 5) is 23.8. The fourth-order valence-electron chi connectivity index (χ4n) is 2.92. The number of carbonyl (C=O) groups excluding carboxylic acids is 1. The number of anilines is 2. The number of fused-ring (bicyclic) bond motifs is 1. The van der Waals surface area contributed by atoms with Crippen LogP contribution in [0.15, 0.2) is 73.3 Å². The molecule has 0 atom stereocenters. The van der Waals surface area contributed by atoms with Gasteiger partial charge in [-0.3, -0.25) is 9.78 Å². The topological polar surface area (TPSA) is 82.7 Å². The number of para-hydroxylation sites is 1. The number of rotatable bonds is 6. The Kier molecular flexibility index (Phi) is 4.78. The Labute approximate surface area is 156 Å². The molecule has 3 aromatic heterocycles. The molecule has 1 aromatic carbocycles. The Morgan fingerprint density at radius 1 is 1.04 bits per heavy atom. The van der Waals surface area contributed by atoms with E-state index in [4.69, 9.17) is 0 Å². The van der Waals surface area contributed by atoms with E-state index in [2.05, 4.69) is 25.6 Å². The monoisotopic (exact) mass is 357 g/mol. The third kappa shape index (κ3) is 4.12. The lowest BCUT2D eigenvalue weighted by Gasteiger charge is -2.08. The quantitative estimate of drug-likeness (QED) is 0.491. The summed E-state index contributed by atoms with van der Waals surface area (Å²) in [6.45, 7) is 0.691. The van der Waals surface area contributed by atoms with Crippen molar-refractivity contribution in [3.8, 4) is 0 Å². The van der Waals surface area contributed by atoms with Gasteiger partial charge in [0.05, 0.1) is 18.3 Å². The lowest BCUT2D eigenvalue weighted by molar-refractivity contribution is -0.115. The summed E-state index contributed by atoms with van der Waals surface area (Å²) in [5, 5.41) is 7.20. The van der Waals surface area contributed by atoms with Gasteiger partial charge in [-0.15, -0.1) is 0 Å². The first-order chi connectivity index (χ1) is 13.3. The molecule has 27 heavy (non-hydrogen) atoms. The minimum atomic E-state index is -0.0928. The maximum Gasteiger partial charge on any atom is 0.230 e. The van der Waals surface area contributed by atoms with Gasteiger partial charge in [-0.2, -0.15) is 0 Å². The van der Waals surface area contributed by atoms with Crippen LogP contribution < -0.4 is 10.6 Å². The predicted octanol–water partition coefficient (Wildman–Crippen LogP) is 3.75. The van der Waals surface area contributed by atoms with E-state index < -0.39 is 0 Å². The van der Waals surface area contributed by atoms with Gasteiger partial charge in [-0.05, 0) is 41.5 Å². The number of hydrogen-bond donors (Lipinski definition) is 3. The molecule has 0 aliphatic carbocycles. The maximum atomic E-state index is 12.3. The summed E-state index contributed by atoms with van der Waals surface area (Å²) < 4.78 is 0. The fraction of sp³-hybridized carbons (Fsp3) is 0.0952. The molecule has 0 spiro atoms. The Hall–Kier alpha value is -3.67. The number of aromatic nitrogens is 3. The summed E-state index contributed by atoms with van der Waals surface area (Å²) >= 11 is 0. The van der Waals surface area contributed by atoms with E-state index in [1.807, 2.05) is 48.7 Å². The minimum Gasteiger partial charge on any atom is -0.380 e. The molecule has 4 rings (SSSR count). The molecule has 3 heterocycles. The molecular weight excluding hydrogens is 338 g/mol. The molecule has 1 amide bonds. The highest BCUT2D eigenvalue weighted by Gasteiger charge is 2.09. The number of benzene rings is 1. The van der Waals surface area contributed by atoms with E-state index in [1.54, 1.807) is 24.7 Å². The molecule has 3 N–H and O–H groups in total. The van der Waals surface area contributed by atoms with Crippen LogP contribution in [0.5, 0.6) is 0 Å². The zero-order valence-corrected chi connectivity index (χ0v) is 14.6.